The fourth-order valence-electron chi connectivity index (χ4n) is 3.66. The monoisotopic (exact) mass is 382 g/mol. The number of aryl methyl sites for hydroxylation is 1. The second kappa shape index (κ2) is 10.1. The van der Waals surface area contributed by atoms with Gasteiger partial charge in [0.15, 0.2) is 0 Å². The summed E-state index contributed by atoms with van der Waals surface area (Å²) in [6, 6.07) is 12.0. The Kier molecular flexibility index (Phi) is 7.23. The molecule has 2 amide bonds. The molecule has 6 heteroatoms. The number of piperidine rings is 1. The Labute approximate surface area is 166 Å². The highest BCUT2D eigenvalue weighted by Gasteiger charge is 2.27. The fourth-order valence-corrected chi connectivity index (χ4v) is 3.66. The lowest BCUT2D eigenvalue weighted by molar-refractivity contribution is -0.135. The van der Waals surface area contributed by atoms with Crippen molar-refractivity contribution in [2.24, 2.45) is 11.8 Å². The number of carbonyl (C=O) groups is 2. The first-order chi connectivity index (χ1) is 13.6. The molecule has 3 rings (SSSR count). The number of hydrogen-bond donors (Lipinski definition) is 1. The third-order valence-corrected chi connectivity index (χ3v) is 5.37. The van der Waals surface area contributed by atoms with E-state index in [1.807, 2.05) is 40.0 Å². The number of hydrogen-bond acceptors (Lipinski definition) is 3. The van der Waals surface area contributed by atoms with Gasteiger partial charge in [-0.1, -0.05) is 37.3 Å². The van der Waals surface area contributed by atoms with E-state index in [2.05, 4.69) is 29.5 Å². The molecule has 1 fully saturated rings. The molecule has 1 aromatic carbocycles. The number of nitrogens with one attached hydrogen (secondary N) is 1. The van der Waals surface area contributed by atoms with Gasteiger partial charge < -0.3 is 10.2 Å². The fraction of sp³-hybridized carbons (Fsp3) is 0.500. The van der Waals surface area contributed by atoms with E-state index in [-0.39, 0.29) is 17.7 Å². The van der Waals surface area contributed by atoms with Gasteiger partial charge in [0, 0.05) is 50.9 Å². The minimum Gasteiger partial charge on any atom is -0.356 e. The second-order valence-electron chi connectivity index (χ2n) is 7.72. The number of aromatic nitrogens is 2. The van der Waals surface area contributed by atoms with Crippen molar-refractivity contribution in [1.29, 1.82) is 0 Å². The minimum absolute atomic E-state index is 0.00933. The summed E-state index contributed by atoms with van der Waals surface area (Å²) in [4.78, 5) is 26.8. The van der Waals surface area contributed by atoms with Gasteiger partial charge in [0.2, 0.25) is 11.8 Å². The van der Waals surface area contributed by atoms with E-state index in [9.17, 15) is 9.59 Å². The van der Waals surface area contributed by atoms with Crippen LogP contribution in [0.25, 0.3) is 0 Å². The van der Waals surface area contributed by atoms with Gasteiger partial charge in [-0.15, -0.1) is 0 Å². The van der Waals surface area contributed by atoms with Crippen molar-refractivity contribution in [3.05, 3.63) is 54.4 Å². The summed E-state index contributed by atoms with van der Waals surface area (Å²) < 4.78 is 1.89. The first-order valence-electron chi connectivity index (χ1n) is 10.2. The molecule has 1 unspecified atom stereocenters. The van der Waals surface area contributed by atoms with E-state index in [0.717, 1.165) is 25.8 Å². The normalized spacial score (nSPS) is 16.0. The Balaban J connectivity index is 1.34. The van der Waals surface area contributed by atoms with Crippen LogP contribution in [-0.4, -0.2) is 46.1 Å². The number of benzene rings is 1. The van der Waals surface area contributed by atoms with Gasteiger partial charge in [-0.05, 0) is 36.8 Å². The zero-order valence-electron chi connectivity index (χ0n) is 16.6. The van der Waals surface area contributed by atoms with Crippen LogP contribution in [0.5, 0.6) is 0 Å². The van der Waals surface area contributed by atoms with Gasteiger partial charge >= 0.3 is 0 Å². The summed E-state index contributed by atoms with van der Waals surface area (Å²) in [5.41, 5.74) is 1.19. The van der Waals surface area contributed by atoms with Crippen LogP contribution in [0.2, 0.25) is 0 Å². The molecule has 2 aromatic rings. The Morgan fingerprint density at radius 2 is 1.93 bits per heavy atom. The molecule has 0 bridgehead atoms. The maximum atomic E-state index is 12.5. The highest BCUT2D eigenvalue weighted by atomic mass is 16.2. The predicted molar refractivity (Wildman–Crippen MR) is 108 cm³/mol. The molecule has 150 valence electrons. The van der Waals surface area contributed by atoms with E-state index < -0.39 is 0 Å². The van der Waals surface area contributed by atoms with E-state index in [4.69, 9.17) is 0 Å². The molecule has 1 saturated heterocycles. The number of amides is 2. The summed E-state index contributed by atoms with van der Waals surface area (Å²) >= 11 is 0. The van der Waals surface area contributed by atoms with Crippen molar-refractivity contribution in [3.8, 4) is 0 Å². The van der Waals surface area contributed by atoms with Crippen molar-refractivity contribution < 1.29 is 9.59 Å². The zero-order valence-corrected chi connectivity index (χ0v) is 16.6. The maximum Gasteiger partial charge on any atom is 0.223 e. The average Bonchev–Trinajstić information content (AvgIpc) is 3.24. The number of nitrogens with zero attached hydrogens (tertiary/aromatic N) is 3. The number of carbonyl (C=O) groups excluding carboxylic acids is 2. The molecular weight excluding hydrogens is 352 g/mol. The third-order valence-electron chi connectivity index (χ3n) is 5.37. The van der Waals surface area contributed by atoms with Crippen molar-refractivity contribution in [1.82, 2.24) is 20.0 Å². The Morgan fingerprint density at radius 1 is 1.18 bits per heavy atom. The smallest absolute Gasteiger partial charge is 0.223 e. The predicted octanol–water partition coefficient (Wildman–Crippen LogP) is 2.51. The van der Waals surface area contributed by atoms with E-state index in [1.165, 1.54) is 5.56 Å². The molecule has 1 aromatic heterocycles. The second-order valence-corrected chi connectivity index (χ2v) is 7.72. The largest absolute Gasteiger partial charge is 0.356 e. The molecule has 1 aliphatic heterocycles. The van der Waals surface area contributed by atoms with Crippen LogP contribution in [0.4, 0.5) is 0 Å². The highest BCUT2D eigenvalue weighted by Crippen LogP contribution is 2.18. The van der Waals surface area contributed by atoms with Crippen LogP contribution < -0.4 is 5.32 Å². The molecule has 0 radical (unpaired) electrons. The third kappa shape index (κ3) is 5.94. The molecule has 28 heavy (non-hydrogen) atoms. The lowest BCUT2D eigenvalue weighted by atomic mass is 9.95. The van der Waals surface area contributed by atoms with Crippen molar-refractivity contribution in [2.75, 3.05) is 19.6 Å². The lowest BCUT2D eigenvalue weighted by Gasteiger charge is -2.31. The first-order valence-corrected chi connectivity index (χ1v) is 10.2. The molecule has 0 spiro atoms. The molecule has 2 heterocycles. The zero-order chi connectivity index (χ0) is 19.8. The van der Waals surface area contributed by atoms with Crippen LogP contribution in [0, 0.1) is 11.8 Å². The summed E-state index contributed by atoms with van der Waals surface area (Å²) in [6.07, 6.45) is 6.50. The topological polar surface area (TPSA) is 67.2 Å². The van der Waals surface area contributed by atoms with E-state index >= 15 is 0 Å². The maximum absolute atomic E-state index is 12.5. The van der Waals surface area contributed by atoms with E-state index in [0.29, 0.717) is 32.0 Å². The van der Waals surface area contributed by atoms with Gasteiger partial charge in [0.05, 0.1) is 0 Å². The molecule has 0 saturated carbocycles. The average molecular weight is 383 g/mol. The summed E-state index contributed by atoms with van der Waals surface area (Å²) in [5, 5.41) is 7.27. The molecule has 1 aliphatic rings. The molecule has 1 N–H and O–H groups in total. The van der Waals surface area contributed by atoms with Crippen molar-refractivity contribution >= 4 is 11.8 Å². The van der Waals surface area contributed by atoms with Crippen LogP contribution in [0.1, 0.15) is 31.7 Å². The van der Waals surface area contributed by atoms with Crippen LogP contribution in [-0.2, 0) is 22.6 Å². The molecule has 1 atom stereocenters. The summed E-state index contributed by atoms with van der Waals surface area (Å²) in [5.74, 6) is 0.637. The lowest BCUT2D eigenvalue weighted by Crippen LogP contribution is -2.43. The molecule has 6 nitrogen and oxygen atoms in total. The van der Waals surface area contributed by atoms with Crippen molar-refractivity contribution in [2.45, 2.75) is 39.2 Å². The van der Waals surface area contributed by atoms with Gasteiger partial charge in [-0.25, -0.2) is 0 Å². The Morgan fingerprint density at radius 3 is 2.61 bits per heavy atom. The van der Waals surface area contributed by atoms with Crippen LogP contribution in [0.3, 0.4) is 0 Å². The minimum atomic E-state index is 0.00933. The SMILES string of the molecule is CC(CNC(=O)C1CCN(C(=O)CCc2ccccc2)CC1)Cn1cccn1. The van der Waals surface area contributed by atoms with Crippen molar-refractivity contribution in [3.63, 3.8) is 0 Å². The quantitative estimate of drug-likeness (QED) is 0.763. The van der Waals surface area contributed by atoms with Crippen LogP contribution >= 0.6 is 0 Å². The van der Waals surface area contributed by atoms with Gasteiger partial charge in [-0.3, -0.25) is 14.3 Å². The summed E-state index contributed by atoms with van der Waals surface area (Å²) in [6.45, 7) is 4.90. The van der Waals surface area contributed by atoms with Gasteiger partial charge in [0.1, 0.15) is 0 Å². The van der Waals surface area contributed by atoms with E-state index in [1.54, 1.807) is 6.20 Å². The number of likely N-dealkylation sites (tertiary alicyclic amines) is 1. The first kappa shape index (κ1) is 20.1. The standard InChI is InChI=1S/C22H30N4O2/c1-18(17-26-13-5-12-24-26)16-23-22(28)20-10-14-25(15-11-20)21(27)9-8-19-6-3-2-4-7-19/h2-7,12-13,18,20H,8-11,14-17H2,1H3,(H,23,28). The van der Waals surface area contributed by atoms with Crippen LogP contribution in [0.15, 0.2) is 48.8 Å². The van der Waals surface area contributed by atoms with Gasteiger partial charge in [-0.2, -0.15) is 5.10 Å². The Hall–Kier alpha value is -2.63. The Bertz CT molecular complexity index is 737. The molecule has 0 aliphatic carbocycles. The van der Waals surface area contributed by atoms with Gasteiger partial charge in [0.25, 0.3) is 0 Å². The highest BCUT2D eigenvalue weighted by molar-refractivity contribution is 5.80. The molecular formula is C22H30N4O2. The number of rotatable bonds is 8. The summed E-state index contributed by atoms with van der Waals surface area (Å²) in [7, 11) is 0.